The van der Waals surface area contributed by atoms with Crippen molar-refractivity contribution in [1.82, 2.24) is 0 Å². The topological polar surface area (TPSA) is 83.5 Å². The smallest absolute Gasteiger partial charge is 0.143 e. The molecule has 5 heteroatoms. The van der Waals surface area contributed by atoms with Gasteiger partial charge in [0.1, 0.15) is 5.78 Å². The van der Waals surface area contributed by atoms with Gasteiger partial charge in [-0.1, -0.05) is 48.0 Å². The van der Waals surface area contributed by atoms with E-state index in [9.17, 15) is 4.79 Å². The van der Waals surface area contributed by atoms with Crippen LogP contribution in [0, 0.1) is 0 Å². The van der Waals surface area contributed by atoms with Gasteiger partial charge in [0, 0.05) is 19.6 Å². The van der Waals surface area contributed by atoms with Crippen molar-refractivity contribution in [1.29, 1.82) is 0 Å². The van der Waals surface area contributed by atoms with Crippen molar-refractivity contribution in [3.8, 4) is 0 Å². The summed E-state index contributed by atoms with van der Waals surface area (Å²) in [5.74, 6) is 0.289. The third kappa shape index (κ3) is 23.1. The molecule has 0 aliphatic heterocycles. The van der Waals surface area contributed by atoms with Crippen LogP contribution in [0.25, 0.3) is 0 Å². The Bertz CT molecular complexity index is 186. The van der Waals surface area contributed by atoms with Crippen LogP contribution < -0.4 is 5.73 Å². The summed E-state index contributed by atoms with van der Waals surface area (Å²) >= 11 is 3.13. The zero-order valence-electron chi connectivity index (χ0n) is 12.7. The first kappa shape index (κ1) is 22.3. The van der Waals surface area contributed by atoms with Crippen LogP contribution in [0.4, 0.5) is 0 Å². The number of Topliss-reactive ketones (excluding diaryl/α,β-unsaturated/α-hetero) is 1. The number of halogens is 1. The predicted octanol–water partition coefficient (Wildman–Crippen LogP) is 2.78. The van der Waals surface area contributed by atoms with Gasteiger partial charge in [0.15, 0.2) is 0 Å². The molecular formula is C15H32BrNO3. The number of hydrogen-bond donors (Lipinski definition) is 3. The van der Waals surface area contributed by atoms with E-state index in [1.165, 1.54) is 0 Å². The molecule has 0 rings (SSSR count). The fourth-order valence-electron chi connectivity index (χ4n) is 1.64. The number of rotatable bonds is 13. The zero-order chi connectivity index (χ0) is 15.5. The van der Waals surface area contributed by atoms with Crippen molar-refractivity contribution < 1.29 is 15.0 Å². The zero-order valence-corrected chi connectivity index (χ0v) is 14.2. The Morgan fingerprint density at radius 3 is 1.70 bits per heavy atom. The summed E-state index contributed by atoms with van der Waals surface area (Å²) < 4.78 is 0. The van der Waals surface area contributed by atoms with Crippen LogP contribution >= 0.6 is 15.9 Å². The number of aliphatic hydroxyl groups is 2. The fraction of sp³-hybridized carbons (Fsp3) is 0.933. The highest BCUT2D eigenvalue weighted by Gasteiger charge is 1.97. The highest BCUT2D eigenvalue weighted by atomic mass is 79.9. The minimum atomic E-state index is 0.289. The lowest BCUT2D eigenvalue weighted by atomic mass is 10.1. The first-order chi connectivity index (χ1) is 9.72. The van der Waals surface area contributed by atoms with E-state index in [4.69, 9.17) is 15.9 Å². The third-order valence-electron chi connectivity index (χ3n) is 2.88. The molecule has 0 aliphatic rings. The molecule has 0 atom stereocenters. The molecule has 0 radical (unpaired) electrons. The van der Waals surface area contributed by atoms with Crippen LogP contribution in [0.15, 0.2) is 0 Å². The van der Waals surface area contributed by atoms with Crippen LogP contribution in [0.2, 0.25) is 0 Å². The van der Waals surface area contributed by atoms with Gasteiger partial charge in [-0.15, -0.1) is 0 Å². The van der Waals surface area contributed by atoms with E-state index in [2.05, 4.69) is 15.9 Å². The largest absolute Gasteiger partial charge is 0.396 e. The number of alkyl halides is 1. The Morgan fingerprint density at radius 1 is 0.800 bits per heavy atom. The lowest BCUT2D eigenvalue weighted by Gasteiger charge is -1.98. The quantitative estimate of drug-likeness (QED) is 0.351. The molecule has 4 N–H and O–H groups in total. The third-order valence-corrected chi connectivity index (χ3v) is 3.50. The Balaban J connectivity index is 0. The molecule has 0 heterocycles. The van der Waals surface area contributed by atoms with Gasteiger partial charge in [-0.3, -0.25) is 4.79 Å². The molecule has 0 bridgehead atoms. The average Bonchev–Trinajstić information content (AvgIpc) is 2.47. The van der Waals surface area contributed by atoms with Crippen molar-refractivity contribution in [2.45, 2.75) is 64.2 Å². The average molecular weight is 354 g/mol. The Morgan fingerprint density at radius 2 is 1.25 bits per heavy atom. The van der Waals surface area contributed by atoms with Gasteiger partial charge in [0.05, 0.1) is 5.33 Å². The van der Waals surface area contributed by atoms with E-state index in [-0.39, 0.29) is 5.78 Å². The van der Waals surface area contributed by atoms with Gasteiger partial charge in [0.2, 0.25) is 0 Å². The van der Waals surface area contributed by atoms with Gasteiger partial charge in [-0.25, -0.2) is 0 Å². The van der Waals surface area contributed by atoms with Gasteiger partial charge in [-0.2, -0.15) is 0 Å². The molecule has 0 unspecified atom stereocenters. The van der Waals surface area contributed by atoms with Crippen molar-refractivity contribution in [2.75, 3.05) is 25.1 Å². The monoisotopic (exact) mass is 353 g/mol. The molecule has 20 heavy (non-hydrogen) atoms. The fourth-order valence-corrected chi connectivity index (χ4v) is 1.92. The summed E-state index contributed by atoms with van der Waals surface area (Å²) in [6.07, 6.45) is 10.2. The van der Waals surface area contributed by atoms with Gasteiger partial charge < -0.3 is 15.9 Å². The summed E-state index contributed by atoms with van der Waals surface area (Å²) in [4.78, 5) is 10.8. The minimum Gasteiger partial charge on any atom is -0.396 e. The Labute approximate surface area is 132 Å². The SMILES string of the molecule is NCCCCCCO.O=C(CBr)CCCCCCCO. The molecule has 0 saturated heterocycles. The summed E-state index contributed by atoms with van der Waals surface area (Å²) in [7, 11) is 0. The number of ketones is 1. The van der Waals surface area contributed by atoms with E-state index in [0.29, 0.717) is 25.0 Å². The normalized spacial score (nSPS) is 10.0. The van der Waals surface area contributed by atoms with Crippen molar-refractivity contribution in [3.63, 3.8) is 0 Å². The number of nitrogens with two attached hydrogens (primary N) is 1. The summed E-state index contributed by atoms with van der Waals surface area (Å²) in [5, 5.41) is 17.3. The van der Waals surface area contributed by atoms with Gasteiger partial charge >= 0.3 is 0 Å². The lowest BCUT2D eigenvalue weighted by Crippen LogP contribution is -1.97. The lowest BCUT2D eigenvalue weighted by molar-refractivity contribution is -0.116. The predicted molar refractivity (Wildman–Crippen MR) is 88.2 cm³/mol. The molecule has 0 fully saturated rings. The minimum absolute atomic E-state index is 0.289. The van der Waals surface area contributed by atoms with Crippen LogP contribution in [0.3, 0.4) is 0 Å². The summed E-state index contributed by atoms with van der Waals surface area (Å²) in [6.45, 7) is 1.40. The first-order valence-corrected chi connectivity index (χ1v) is 8.84. The summed E-state index contributed by atoms with van der Waals surface area (Å²) in [5.41, 5.74) is 5.25. The molecular weight excluding hydrogens is 322 g/mol. The van der Waals surface area contributed by atoms with E-state index in [1.807, 2.05) is 0 Å². The molecule has 0 spiro atoms. The van der Waals surface area contributed by atoms with E-state index in [1.54, 1.807) is 0 Å². The van der Waals surface area contributed by atoms with E-state index < -0.39 is 0 Å². The number of carbonyl (C=O) groups is 1. The molecule has 0 aromatic heterocycles. The van der Waals surface area contributed by atoms with E-state index >= 15 is 0 Å². The highest BCUT2D eigenvalue weighted by Crippen LogP contribution is 2.05. The molecule has 0 amide bonds. The van der Waals surface area contributed by atoms with Crippen LogP contribution in [-0.2, 0) is 4.79 Å². The summed E-state index contributed by atoms with van der Waals surface area (Å²) in [6, 6.07) is 0. The number of aliphatic hydroxyl groups excluding tert-OH is 2. The van der Waals surface area contributed by atoms with Crippen molar-refractivity contribution in [2.24, 2.45) is 5.73 Å². The second kappa shape index (κ2) is 21.3. The number of unbranched alkanes of at least 4 members (excludes halogenated alkanes) is 7. The maximum atomic E-state index is 10.8. The van der Waals surface area contributed by atoms with E-state index in [0.717, 1.165) is 64.3 Å². The Hall–Kier alpha value is 0.0300. The van der Waals surface area contributed by atoms with Crippen molar-refractivity contribution in [3.05, 3.63) is 0 Å². The van der Waals surface area contributed by atoms with Gasteiger partial charge in [0.25, 0.3) is 0 Å². The highest BCUT2D eigenvalue weighted by molar-refractivity contribution is 9.09. The molecule has 0 aromatic carbocycles. The maximum absolute atomic E-state index is 10.8. The maximum Gasteiger partial charge on any atom is 0.143 e. The number of carbonyl (C=O) groups excluding carboxylic acids is 1. The van der Waals surface area contributed by atoms with Crippen LogP contribution in [-0.4, -0.2) is 41.1 Å². The van der Waals surface area contributed by atoms with Crippen LogP contribution in [0.1, 0.15) is 64.2 Å². The van der Waals surface area contributed by atoms with Crippen molar-refractivity contribution >= 4 is 21.7 Å². The molecule has 122 valence electrons. The first-order valence-electron chi connectivity index (χ1n) is 7.72. The second-order valence-electron chi connectivity index (χ2n) is 4.84. The second-order valence-corrected chi connectivity index (χ2v) is 5.40. The standard InChI is InChI=1S/C9H17BrO2.C6H15NO/c10-8-9(12)6-4-2-1-3-5-7-11;7-5-3-1-2-4-6-8/h11H,1-8H2;8H,1-7H2. The molecule has 4 nitrogen and oxygen atoms in total. The molecule has 0 aliphatic carbocycles. The number of hydrogen-bond acceptors (Lipinski definition) is 4. The molecule has 0 saturated carbocycles. The molecule has 0 aromatic rings. The Kier molecular flexibility index (Phi) is 23.8. The van der Waals surface area contributed by atoms with Gasteiger partial charge in [-0.05, 0) is 32.2 Å². The van der Waals surface area contributed by atoms with Crippen LogP contribution in [0.5, 0.6) is 0 Å².